The van der Waals surface area contributed by atoms with E-state index in [0.29, 0.717) is 13.0 Å². The molecular weight excluding hydrogens is 402 g/mol. The van der Waals surface area contributed by atoms with Crippen LogP contribution < -0.4 is 4.90 Å². The highest BCUT2D eigenvalue weighted by Gasteiger charge is 2.22. The normalized spacial score (nSPS) is 11.1. The molecule has 0 aliphatic carbocycles. The molecule has 4 nitrogen and oxygen atoms in total. The molecule has 0 bridgehead atoms. The Labute approximate surface area is 187 Å². The fourth-order valence-corrected chi connectivity index (χ4v) is 5.01. The summed E-state index contributed by atoms with van der Waals surface area (Å²) in [6.07, 6.45) is 4.89. The number of aryl methyl sites for hydroxylation is 4. The van der Waals surface area contributed by atoms with Crippen LogP contribution >= 0.6 is 11.3 Å². The van der Waals surface area contributed by atoms with Crippen molar-refractivity contribution in [3.63, 3.8) is 0 Å². The molecule has 0 spiro atoms. The first-order valence-corrected chi connectivity index (χ1v) is 11.4. The van der Waals surface area contributed by atoms with Crippen LogP contribution in [0.25, 0.3) is 10.2 Å². The van der Waals surface area contributed by atoms with Gasteiger partial charge >= 0.3 is 0 Å². The van der Waals surface area contributed by atoms with Gasteiger partial charge in [-0.25, -0.2) is 4.98 Å². The lowest BCUT2D eigenvalue weighted by atomic mass is 9.97. The molecule has 31 heavy (non-hydrogen) atoms. The van der Waals surface area contributed by atoms with Gasteiger partial charge in [-0.15, -0.1) is 0 Å². The van der Waals surface area contributed by atoms with Crippen molar-refractivity contribution in [1.29, 1.82) is 0 Å². The average Bonchev–Trinajstić information content (AvgIpc) is 3.18. The molecule has 0 unspecified atom stereocenters. The topological polar surface area (TPSA) is 46.1 Å². The van der Waals surface area contributed by atoms with E-state index in [1.54, 1.807) is 17.5 Å². The van der Waals surface area contributed by atoms with Crippen molar-refractivity contribution in [2.75, 3.05) is 4.90 Å². The highest BCUT2D eigenvalue weighted by molar-refractivity contribution is 7.22. The Morgan fingerprint density at radius 1 is 1.03 bits per heavy atom. The van der Waals surface area contributed by atoms with Crippen LogP contribution in [-0.2, 0) is 24.2 Å². The molecule has 2 heterocycles. The Kier molecular flexibility index (Phi) is 6.14. The second-order valence-corrected chi connectivity index (χ2v) is 9.06. The maximum Gasteiger partial charge on any atom is 0.233 e. The summed E-state index contributed by atoms with van der Waals surface area (Å²) in [6.45, 7) is 8.85. The van der Waals surface area contributed by atoms with E-state index >= 15 is 0 Å². The van der Waals surface area contributed by atoms with Crippen molar-refractivity contribution in [2.45, 2.75) is 47.1 Å². The van der Waals surface area contributed by atoms with E-state index < -0.39 is 0 Å². The number of amides is 1. The quantitative estimate of drug-likeness (QED) is 0.380. The number of anilines is 1. The first-order chi connectivity index (χ1) is 14.9. The number of benzene rings is 2. The molecule has 0 N–H and O–H groups in total. The molecule has 158 valence electrons. The number of carbonyl (C=O) groups is 1. The minimum absolute atomic E-state index is 0.0497. The molecule has 2 aromatic carbocycles. The van der Waals surface area contributed by atoms with Crippen LogP contribution in [0.5, 0.6) is 0 Å². The van der Waals surface area contributed by atoms with Crippen LogP contribution in [0.1, 0.15) is 40.3 Å². The SMILES string of the molecule is CCc1ccc2nc(N(Cc3cccnc3)C(=O)Cc3c(C)cc(C)cc3C)sc2c1. The molecule has 2 aromatic heterocycles. The van der Waals surface area contributed by atoms with Crippen molar-refractivity contribution >= 4 is 32.6 Å². The van der Waals surface area contributed by atoms with Crippen LogP contribution in [0, 0.1) is 20.8 Å². The van der Waals surface area contributed by atoms with E-state index in [4.69, 9.17) is 4.98 Å². The van der Waals surface area contributed by atoms with Gasteiger partial charge in [0.25, 0.3) is 0 Å². The van der Waals surface area contributed by atoms with Crippen molar-refractivity contribution in [3.8, 4) is 0 Å². The van der Waals surface area contributed by atoms with Crippen LogP contribution in [0.2, 0.25) is 0 Å². The zero-order valence-corrected chi connectivity index (χ0v) is 19.3. The zero-order chi connectivity index (χ0) is 22.0. The summed E-state index contributed by atoms with van der Waals surface area (Å²) in [4.78, 5) is 24.4. The number of hydrogen-bond donors (Lipinski definition) is 0. The van der Waals surface area contributed by atoms with E-state index in [1.807, 2.05) is 23.2 Å². The average molecular weight is 430 g/mol. The lowest BCUT2D eigenvalue weighted by Crippen LogP contribution is -2.32. The minimum Gasteiger partial charge on any atom is -0.283 e. The predicted octanol–water partition coefficient (Wildman–Crippen LogP) is 5.95. The number of thiazole rings is 1. The Morgan fingerprint density at radius 3 is 2.48 bits per heavy atom. The number of hydrogen-bond acceptors (Lipinski definition) is 4. The maximum atomic E-state index is 13.6. The molecule has 0 fully saturated rings. The summed E-state index contributed by atoms with van der Waals surface area (Å²) in [5, 5.41) is 0.736. The van der Waals surface area contributed by atoms with Gasteiger partial charge in [0.1, 0.15) is 0 Å². The number of rotatable bonds is 6. The first kappa shape index (κ1) is 21.2. The monoisotopic (exact) mass is 429 g/mol. The molecule has 0 radical (unpaired) electrons. The highest BCUT2D eigenvalue weighted by atomic mass is 32.1. The predicted molar refractivity (Wildman–Crippen MR) is 129 cm³/mol. The Morgan fingerprint density at radius 2 is 1.81 bits per heavy atom. The van der Waals surface area contributed by atoms with Gasteiger partial charge in [-0.3, -0.25) is 14.7 Å². The van der Waals surface area contributed by atoms with E-state index in [-0.39, 0.29) is 5.91 Å². The maximum absolute atomic E-state index is 13.6. The van der Waals surface area contributed by atoms with Gasteiger partial charge in [0, 0.05) is 12.4 Å². The molecule has 1 amide bonds. The molecule has 0 saturated carbocycles. The molecule has 4 rings (SSSR count). The number of nitrogens with zero attached hydrogens (tertiary/aromatic N) is 3. The smallest absolute Gasteiger partial charge is 0.233 e. The van der Waals surface area contributed by atoms with Crippen LogP contribution in [-0.4, -0.2) is 15.9 Å². The third kappa shape index (κ3) is 4.67. The third-order valence-electron chi connectivity index (χ3n) is 5.61. The van der Waals surface area contributed by atoms with E-state index in [9.17, 15) is 4.79 Å². The summed E-state index contributed by atoms with van der Waals surface area (Å²) in [6, 6.07) is 14.5. The Balaban J connectivity index is 1.71. The minimum atomic E-state index is 0.0497. The lowest BCUT2D eigenvalue weighted by Gasteiger charge is -2.21. The van der Waals surface area contributed by atoms with Crippen LogP contribution in [0.3, 0.4) is 0 Å². The summed E-state index contributed by atoms with van der Waals surface area (Å²) >= 11 is 1.58. The van der Waals surface area contributed by atoms with Gasteiger partial charge in [0.15, 0.2) is 5.13 Å². The van der Waals surface area contributed by atoms with Crippen LogP contribution in [0.4, 0.5) is 5.13 Å². The summed E-state index contributed by atoms with van der Waals surface area (Å²) < 4.78 is 1.11. The molecule has 0 aliphatic rings. The van der Waals surface area contributed by atoms with E-state index in [1.165, 1.54) is 11.1 Å². The summed E-state index contributed by atoms with van der Waals surface area (Å²) in [7, 11) is 0. The van der Waals surface area contributed by atoms with Gasteiger partial charge in [0.05, 0.1) is 23.2 Å². The molecule has 0 saturated heterocycles. The fraction of sp³-hybridized carbons (Fsp3) is 0.269. The highest BCUT2D eigenvalue weighted by Crippen LogP contribution is 2.31. The van der Waals surface area contributed by atoms with Crippen molar-refractivity contribution in [2.24, 2.45) is 0 Å². The second-order valence-electron chi connectivity index (χ2n) is 8.05. The van der Waals surface area contributed by atoms with Crippen LogP contribution in [0.15, 0.2) is 54.9 Å². The standard InChI is InChI=1S/C26H27N3OS/c1-5-20-8-9-23-24(13-20)31-26(28-23)29(16-21-7-6-10-27-15-21)25(30)14-22-18(3)11-17(2)12-19(22)4/h6-13,15H,5,14,16H2,1-4H3. The van der Waals surface area contributed by atoms with Gasteiger partial charge in [0.2, 0.25) is 5.91 Å². The number of fused-ring (bicyclic) bond motifs is 1. The van der Waals surface area contributed by atoms with E-state index in [0.717, 1.165) is 44.0 Å². The summed E-state index contributed by atoms with van der Waals surface area (Å²) in [5.74, 6) is 0.0497. The van der Waals surface area contributed by atoms with Crippen molar-refractivity contribution in [1.82, 2.24) is 9.97 Å². The molecule has 4 aromatic rings. The van der Waals surface area contributed by atoms with Gasteiger partial charge in [-0.2, -0.15) is 0 Å². The summed E-state index contributed by atoms with van der Waals surface area (Å²) in [5.41, 5.74) is 7.83. The Hall–Kier alpha value is -3.05. The second kappa shape index (κ2) is 8.98. The molecule has 0 aliphatic heterocycles. The van der Waals surface area contributed by atoms with Crippen molar-refractivity contribution < 1.29 is 4.79 Å². The zero-order valence-electron chi connectivity index (χ0n) is 18.5. The largest absolute Gasteiger partial charge is 0.283 e. The lowest BCUT2D eigenvalue weighted by molar-refractivity contribution is -0.118. The number of pyridine rings is 1. The van der Waals surface area contributed by atoms with Gasteiger partial charge in [-0.1, -0.05) is 48.1 Å². The van der Waals surface area contributed by atoms with Gasteiger partial charge < -0.3 is 0 Å². The van der Waals surface area contributed by atoms with Crippen molar-refractivity contribution in [3.05, 3.63) is 88.2 Å². The fourth-order valence-electron chi connectivity index (χ4n) is 3.96. The molecule has 0 atom stereocenters. The molecular formula is C26H27N3OS. The number of aromatic nitrogens is 2. The van der Waals surface area contributed by atoms with Gasteiger partial charge in [-0.05, 0) is 73.2 Å². The van der Waals surface area contributed by atoms with E-state index in [2.05, 4.69) is 63.0 Å². The molecule has 5 heteroatoms. The number of carbonyl (C=O) groups excluding carboxylic acids is 1. The third-order valence-corrected chi connectivity index (χ3v) is 6.65. The first-order valence-electron chi connectivity index (χ1n) is 10.6. The Bertz CT molecular complexity index is 1210.